The van der Waals surface area contributed by atoms with Crippen molar-refractivity contribution in [2.45, 2.75) is 0 Å². The second-order valence-corrected chi connectivity index (χ2v) is 8.05. The number of hydrogen-bond acceptors (Lipinski definition) is 4. The van der Waals surface area contributed by atoms with E-state index in [0.29, 0.717) is 5.75 Å². The van der Waals surface area contributed by atoms with E-state index in [1.807, 2.05) is 84.9 Å². The zero-order chi connectivity index (χ0) is 24.7. The number of hydrazone groups is 1. The molecule has 0 atom stereocenters. The van der Waals surface area contributed by atoms with E-state index >= 15 is 0 Å². The van der Waals surface area contributed by atoms with Crippen molar-refractivity contribution in [1.29, 1.82) is 0 Å². The molecule has 0 saturated carbocycles. The second-order valence-electron chi connectivity index (χ2n) is 8.05. The molecule has 4 aromatic carbocycles. The van der Waals surface area contributed by atoms with E-state index in [9.17, 15) is 4.79 Å². The van der Waals surface area contributed by atoms with Crippen LogP contribution in [-0.4, -0.2) is 29.0 Å². The quantitative estimate of drug-likeness (QED) is 0.234. The molecule has 5 rings (SSSR count). The van der Waals surface area contributed by atoms with Gasteiger partial charge in [-0.3, -0.25) is 4.79 Å². The summed E-state index contributed by atoms with van der Waals surface area (Å²) in [4.78, 5) is 12.9. The Morgan fingerprint density at radius 1 is 0.806 bits per heavy atom. The average molecular weight is 473 g/mol. The van der Waals surface area contributed by atoms with Gasteiger partial charge in [0.15, 0.2) is 5.69 Å². The van der Waals surface area contributed by atoms with Gasteiger partial charge in [0.2, 0.25) is 0 Å². The topological polar surface area (TPSA) is 68.5 Å². The van der Waals surface area contributed by atoms with Crippen molar-refractivity contribution < 1.29 is 9.53 Å². The normalized spacial score (nSPS) is 10.9. The van der Waals surface area contributed by atoms with Crippen molar-refractivity contribution in [3.05, 3.63) is 127 Å². The molecule has 0 aliphatic rings. The van der Waals surface area contributed by atoms with Crippen molar-refractivity contribution in [2.75, 3.05) is 7.11 Å². The average Bonchev–Trinajstić information content (AvgIpc) is 3.40. The molecule has 0 aliphatic heterocycles. The zero-order valence-electron chi connectivity index (χ0n) is 19.7. The Hall–Kier alpha value is -4.97. The number of nitrogens with zero attached hydrogens (tertiary/aromatic N) is 3. The molecule has 1 heterocycles. The molecule has 0 radical (unpaired) electrons. The van der Waals surface area contributed by atoms with E-state index in [4.69, 9.17) is 4.74 Å². The number of carbonyl (C=O) groups is 1. The monoisotopic (exact) mass is 472 g/mol. The molecular weight excluding hydrogens is 448 g/mol. The summed E-state index contributed by atoms with van der Waals surface area (Å²) in [5, 5.41) is 8.71. The maximum Gasteiger partial charge on any atom is 0.291 e. The van der Waals surface area contributed by atoms with E-state index in [1.165, 1.54) is 0 Å². The van der Waals surface area contributed by atoms with Gasteiger partial charge in [-0.05, 0) is 41.5 Å². The molecule has 0 bridgehead atoms. The highest BCUT2D eigenvalue weighted by atomic mass is 16.5. The van der Waals surface area contributed by atoms with Gasteiger partial charge in [-0.2, -0.15) is 10.2 Å². The summed E-state index contributed by atoms with van der Waals surface area (Å²) in [6.45, 7) is 0. The maximum atomic E-state index is 12.9. The highest BCUT2D eigenvalue weighted by Crippen LogP contribution is 2.27. The number of benzene rings is 4. The van der Waals surface area contributed by atoms with Crippen LogP contribution in [0.1, 0.15) is 16.1 Å². The third-order valence-corrected chi connectivity index (χ3v) is 5.74. The maximum absolute atomic E-state index is 12.9. The fraction of sp³-hybridized carbons (Fsp3) is 0.0333. The lowest BCUT2D eigenvalue weighted by atomic mass is 10.0. The van der Waals surface area contributed by atoms with Crippen LogP contribution in [0.15, 0.2) is 120 Å². The Morgan fingerprint density at radius 3 is 2.14 bits per heavy atom. The molecule has 0 unspecified atom stereocenters. The number of aromatic nitrogens is 2. The molecule has 5 aromatic rings. The first-order valence-electron chi connectivity index (χ1n) is 11.5. The fourth-order valence-corrected chi connectivity index (χ4v) is 3.92. The molecule has 6 heteroatoms. The third-order valence-electron chi connectivity index (χ3n) is 5.74. The summed E-state index contributed by atoms with van der Waals surface area (Å²) in [5.74, 6) is 0.267. The molecule has 36 heavy (non-hydrogen) atoms. The molecule has 1 amide bonds. The molecule has 1 aromatic heterocycles. The van der Waals surface area contributed by atoms with E-state index in [1.54, 1.807) is 24.1 Å². The molecule has 0 saturated heterocycles. The first kappa shape index (κ1) is 22.8. The zero-order valence-corrected chi connectivity index (χ0v) is 19.7. The van der Waals surface area contributed by atoms with Gasteiger partial charge in [0, 0.05) is 11.1 Å². The van der Waals surface area contributed by atoms with Crippen LogP contribution in [-0.2, 0) is 0 Å². The summed E-state index contributed by atoms with van der Waals surface area (Å²) in [6.07, 6.45) is 1.55. The van der Waals surface area contributed by atoms with Crippen molar-refractivity contribution in [3.63, 3.8) is 0 Å². The number of amides is 1. The molecule has 176 valence electrons. The van der Waals surface area contributed by atoms with Gasteiger partial charge in [-0.25, -0.2) is 10.1 Å². The van der Waals surface area contributed by atoms with Crippen molar-refractivity contribution >= 4 is 12.1 Å². The van der Waals surface area contributed by atoms with Gasteiger partial charge in [0.25, 0.3) is 5.91 Å². The van der Waals surface area contributed by atoms with Gasteiger partial charge in [-0.1, -0.05) is 84.9 Å². The number of carbonyl (C=O) groups excluding carboxylic acids is 1. The minimum atomic E-state index is -0.405. The predicted molar refractivity (Wildman–Crippen MR) is 142 cm³/mol. The van der Waals surface area contributed by atoms with E-state index in [-0.39, 0.29) is 5.69 Å². The third kappa shape index (κ3) is 4.93. The van der Waals surface area contributed by atoms with Crippen LogP contribution in [0, 0.1) is 0 Å². The first-order valence-corrected chi connectivity index (χ1v) is 11.5. The predicted octanol–water partition coefficient (Wildman–Crippen LogP) is 5.98. The minimum Gasteiger partial charge on any atom is -0.496 e. The summed E-state index contributed by atoms with van der Waals surface area (Å²) in [5.41, 5.74) is 8.47. The van der Waals surface area contributed by atoms with Crippen LogP contribution in [0.2, 0.25) is 0 Å². The highest BCUT2D eigenvalue weighted by Gasteiger charge is 2.17. The first-order chi connectivity index (χ1) is 17.7. The highest BCUT2D eigenvalue weighted by molar-refractivity contribution is 5.94. The molecule has 0 spiro atoms. The summed E-state index contributed by atoms with van der Waals surface area (Å²) >= 11 is 0. The van der Waals surface area contributed by atoms with Gasteiger partial charge in [0.05, 0.1) is 24.7 Å². The fourth-order valence-electron chi connectivity index (χ4n) is 3.92. The van der Waals surface area contributed by atoms with Gasteiger partial charge in [0.1, 0.15) is 5.75 Å². The summed E-state index contributed by atoms with van der Waals surface area (Å²) < 4.78 is 7.10. The Morgan fingerprint density at radius 2 is 1.42 bits per heavy atom. The van der Waals surface area contributed by atoms with Crippen molar-refractivity contribution in [1.82, 2.24) is 15.2 Å². The Balaban J connectivity index is 1.44. The summed E-state index contributed by atoms with van der Waals surface area (Å²) in [7, 11) is 1.59. The van der Waals surface area contributed by atoms with Crippen LogP contribution in [0.25, 0.3) is 28.1 Å². The lowest BCUT2D eigenvalue weighted by Gasteiger charge is -2.08. The van der Waals surface area contributed by atoms with E-state index < -0.39 is 5.91 Å². The van der Waals surface area contributed by atoms with Crippen molar-refractivity contribution in [3.8, 4) is 33.8 Å². The van der Waals surface area contributed by atoms with Crippen LogP contribution in [0.4, 0.5) is 0 Å². The van der Waals surface area contributed by atoms with Gasteiger partial charge in [-0.15, -0.1) is 0 Å². The van der Waals surface area contributed by atoms with Crippen LogP contribution < -0.4 is 10.2 Å². The molecule has 0 aliphatic carbocycles. The van der Waals surface area contributed by atoms with E-state index in [2.05, 4.69) is 39.9 Å². The van der Waals surface area contributed by atoms with Gasteiger partial charge >= 0.3 is 0 Å². The lowest BCUT2D eigenvalue weighted by Crippen LogP contribution is -2.18. The van der Waals surface area contributed by atoms with Crippen LogP contribution >= 0.6 is 0 Å². The molecule has 0 fully saturated rings. The molecule has 1 N–H and O–H groups in total. The SMILES string of the molecule is COc1ccccc1/C=N\NC(=O)c1cc(-c2ccc(-c3ccccc3)cc2)n(-c2ccccc2)n1. The number of hydrogen-bond donors (Lipinski definition) is 1. The minimum absolute atomic E-state index is 0.262. The Labute approximate surface area is 209 Å². The largest absolute Gasteiger partial charge is 0.496 e. The number of methoxy groups -OCH3 is 1. The standard InChI is InChI=1S/C30H24N4O2/c1-36-29-15-9-8-12-25(29)21-31-32-30(35)27-20-28(34(33-27)26-13-6-3-7-14-26)24-18-16-23(17-19-24)22-10-4-2-5-11-22/h2-21H,1H3,(H,32,35)/b31-21-. The number of para-hydroxylation sites is 2. The van der Waals surface area contributed by atoms with Crippen LogP contribution in [0.5, 0.6) is 5.75 Å². The number of ether oxygens (including phenoxy) is 1. The van der Waals surface area contributed by atoms with E-state index in [0.717, 1.165) is 33.6 Å². The lowest BCUT2D eigenvalue weighted by molar-refractivity contribution is 0.0949. The summed E-state index contributed by atoms with van der Waals surface area (Å²) in [6, 6.07) is 37.4. The smallest absolute Gasteiger partial charge is 0.291 e. The molecular formula is C30H24N4O2. The number of rotatable bonds is 7. The molecule has 6 nitrogen and oxygen atoms in total. The number of nitrogens with one attached hydrogen (secondary N) is 1. The van der Waals surface area contributed by atoms with Crippen molar-refractivity contribution in [2.24, 2.45) is 5.10 Å². The Bertz CT molecular complexity index is 1490. The van der Waals surface area contributed by atoms with Gasteiger partial charge < -0.3 is 4.74 Å². The second kappa shape index (κ2) is 10.5. The Kier molecular flexibility index (Phi) is 6.67. The van der Waals surface area contributed by atoms with Crippen LogP contribution in [0.3, 0.4) is 0 Å².